The smallest absolute Gasteiger partial charge is 0.270 e. The van der Waals surface area contributed by atoms with E-state index in [1.54, 1.807) is 13.0 Å². The molecule has 2 aromatic carbocycles. The number of hydrogen-bond donors (Lipinski definition) is 2. The van der Waals surface area contributed by atoms with Gasteiger partial charge in [-0.15, -0.1) is 0 Å². The van der Waals surface area contributed by atoms with E-state index < -0.39 is 20.9 Å². The SMILES string of the molecule is CCC(C)NS(=O)(=O)c1ccc(NC(=O)C=Cc2cccc([N+](=O)[O-])c2)cc1. The Morgan fingerprint density at radius 2 is 1.89 bits per heavy atom. The van der Waals surface area contributed by atoms with Crippen molar-refractivity contribution in [3.8, 4) is 0 Å². The number of carbonyl (C=O) groups excluding carboxylic acids is 1. The molecule has 0 aliphatic heterocycles. The summed E-state index contributed by atoms with van der Waals surface area (Å²) in [5, 5.41) is 13.4. The van der Waals surface area contributed by atoms with Crippen LogP contribution in [-0.2, 0) is 14.8 Å². The zero-order valence-corrected chi connectivity index (χ0v) is 16.3. The number of nitro groups is 1. The highest BCUT2D eigenvalue weighted by Crippen LogP contribution is 2.16. The molecule has 0 aromatic heterocycles. The van der Waals surface area contributed by atoms with Gasteiger partial charge in [-0.05, 0) is 49.2 Å². The van der Waals surface area contributed by atoms with Crippen molar-refractivity contribution in [3.63, 3.8) is 0 Å². The van der Waals surface area contributed by atoms with E-state index in [0.717, 1.165) is 0 Å². The number of hydrogen-bond acceptors (Lipinski definition) is 5. The van der Waals surface area contributed by atoms with Crippen LogP contribution < -0.4 is 10.0 Å². The van der Waals surface area contributed by atoms with Crippen molar-refractivity contribution >= 4 is 33.4 Å². The van der Waals surface area contributed by atoms with Crippen LogP contribution in [0.2, 0.25) is 0 Å². The first-order valence-electron chi connectivity index (χ1n) is 8.57. The number of nitrogens with zero attached hydrogens (tertiary/aromatic N) is 1. The largest absolute Gasteiger partial charge is 0.323 e. The molecule has 2 N–H and O–H groups in total. The maximum Gasteiger partial charge on any atom is 0.270 e. The van der Waals surface area contributed by atoms with Crippen molar-refractivity contribution in [2.45, 2.75) is 31.2 Å². The van der Waals surface area contributed by atoms with Gasteiger partial charge in [0.15, 0.2) is 0 Å². The molecule has 0 radical (unpaired) electrons. The van der Waals surface area contributed by atoms with Gasteiger partial charge in [0, 0.05) is 29.9 Å². The first-order chi connectivity index (χ1) is 13.2. The molecule has 0 aliphatic carbocycles. The zero-order chi connectivity index (χ0) is 20.7. The van der Waals surface area contributed by atoms with Crippen molar-refractivity contribution in [3.05, 3.63) is 70.3 Å². The first-order valence-corrected chi connectivity index (χ1v) is 10.1. The summed E-state index contributed by atoms with van der Waals surface area (Å²) in [6.07, 6.45) is 3.37. The lowest BCUT2D eigenvalue weighted by atomic mass is 10.2. The highest BCUT2D eigenvalue weighted by molar-refractivity contribution is 7.89. The van der Waals surface area contributed by atoms with Crippen LogP contribution in [0.5, 0.6) is 0 Å². The van der Waals surface area contributed by atoms with Gasteiger partial charge in [-0.25, -0.2) is 13.1 Å². The summed E-state index contributed by atoms with van der Waals surface area (Å²) in [4.78, 5) is 22.4. The summed E-state index contributed by atoms with van der Waals surface area (Å²) in [5.41, 5.74) is 0.878. The van der Waals surface area contributed by atoms with E-state index in [1.807, 2.05) is 6.92 Å². The standard InChI is InChI=1S/C19H21N3O5S/c1-3-14(2)21-28(26,27)18-10-8-16(9-11-18)20-19(23)12-7-15-5-4-6-17(13-15)22(24)25/h4-14,21H,3H2,1-2H3,(H,20,23). The highest BCUT2D eigenvalue weighted by atomic mass is 32.2. The third kappa shape index (κ3) is 6.00. The summed E-state index contributed by atoms with van der Waals surface area (Å²) < 4.78 is 27.0. The number of benzene rings is 2. The van der Waals surface area contributed by atoms with Gasteiger partial charge in [0.05, 0.1) is 9.82 Å². The molecule has 1 atom stereocenters. The fraction of sp³-hybridized carbons (Fsp3) is 0.211. The van der Waals surface area contributed by atoms with Crippen LogP contribution >= 0.6 is 0 Å². The second-order valence-electron chi connectivity index (χ2n) is 6.13. The van der Waals surface area contributed by atoms with E-state index in [-0.39, 0.29) is 16.6 Å². The fourth-order valence-electron chi connectivity index (χ4n) is 2.23. The molecule has 8 nitrogen and oxygen atoms in total. The van der Waals surface area contributed by atoms with Crippen LogP contribution in [0.3, 0.4) is 0 Å². The van der Waals surface area contributed by atoms with Gasteiger partial charge in [0.1, 0.15) is 0 Å². The lowest BCUT2D eigenvalue weighted by Gasteiger charge is -2.12. The minimum absolute atomic E-state index is 0.0645. The molecule has 0 aliphatic rings. The number of rotatable bonds is 8. The minimum Gasteiger partial charge on any atom is -0.323 e. The normalized spacial score (nSPS) is 12.6. The van der Waals surface area contributed by atoms with E-state index in [0.29, 0.717) is 17.7 Å². The van der Waals surface area contributed by atoms with Gasteiger partial charge in [0.25, 0.3) is 5.69 Å². The number of anilines is 1. The fourth-order valence-corrected chi connectivity index (χ4v) is 3.56. The molecule has 2 rings (SSSR count). The minimum atomic E-state index is -3.61. The predicted molar refractivity (Wildman–Crippen MR) is 107 cm³/mol. The number of non-ortho nitro benzene ring substituents is 1. The van der Waals surface area contributed by atoms with Gasteiger partial charge in [-0.2, -0.15) is 0 Å². The number of nitro benzene ring substituents is 1. The van der Waals surface area contributed by atoms with Crippen LogP contribution in [-0.4, -0.2) is 25.3 Å². The summed E-state index contributed by atoms with van der Waals surface area (Å²) >= 11 is 0. The third-order valence-corrected chi connectivity index (χ3v) is 5.51. The summed E-state index contributed by atoms with van der Waals surface area (Å²) in [7, 11) is -3.61. The molecule has 9 heteroatoms. The lowest BCUT2D eigenvalue weighted by molar-refractivity contribution is -0.384. The number of nitrogens with one attached hydrogen (secondary N) is 2. The molecule has 28 heavy (non-hydrogen) atoms. The molecular formula is C19H21N3O5S. The molecule has 0 saturated carbocycles. The molecule has 0 saturated heterocycles. The van der Waals surface area contributed by atoms with E-state index in [4.69, 9.17) is 0 Å². The van der Waals surface area contributed by atoms with Crippen molar-refractivity contribution < 1.29 is 18.1 Å². The third-order valence-electron chi connectivity index (χ3n) is 3.91. The van der Waals surface area contributed by atoms with Crippen LogP contribution in [0, 0.1) is 10.1 Å². The zero-order valence-electron chi connectivity index (χ0n) is 15.5. The Labute approximate surface area is 163 Å². The molecular weight excluding hydrogens is 382 g/mol. The van der Waals surface area contributed by atoms with E-state index in [9.17, 15) is 23.3 Å². The topological polar surface area (TPSA) is 118 Å². The molecule has 2 aromatic rings. The Hall–Kier alpha value is -3.04. The van der Waals surface area contributed by atoms with Crippen molar-refractivity contribution in [2.75, 3.05) is 5.32 Å². The second kappa shape index (κ2) is 9.25. The second-order valence-corrected chi connectivity index (χ2v) is 7.84. The monoisotopic (exact) mass is 403 g/mol. The molecule has 0 heterocycles. The summed E-state index contributed by atoms with van der Waals surface area (Å²) in [5.74, 6) is -0.445. The van der Waals surface area contributed by atoms with Crippen LogP contribution in [0.4, 0.5) is 11.4 Å². The predicted octanol–water partition coefficient (Wildman–Crippen LogP) is 3.32. The quantitative estimate of drug-likeness (QED) is 0.398. The highest BCUT2D eigenvalue weighted by Gasteiger charge is 2.16. The van der Waals surface area contributed by atoms with Crippen LogP contribution in [0.1, 0.15) is 25.8 Å². The van der Waals surface area contributed by atoms with Gasteiger partial charge in [-0.1, -0.05) is 19.1 Å². The Balaban J connectivity index is 2.03. The van der Waals surface area contributed by atoms with Crippen molar-refractivity contribution in [2.24, 2.45) is 0 Å². The number of carbonyl (C=O) groups is 1. The Bertz CT molecular complexity index is 985. The molecule has 0 fully saturated rings. The molecule has 0 bridgehead atoms. The molecule has 148 valence electrons. The average Bonchev–Trinajstić information content (AvgIpc) is 2.66. The van der Waals surface area contributed by atoms with Crippen molar-refractivity contribution in [1.29, 1.82) is 0 Å². The molecule has 0 spiro atoms. The number of amides is 1. The van der Waals surface area contributed by atoms with E-state index in [1.165, 1.54) is 54.6 Å². The van der Waals surface area contributed by atoms with Gasteiger partial charge in [0.2, 0.25) is 15.9 Å². The maximum atomic E-state index is 12.2. The Morgan fingerprint density at radius 1 is 1.21 bits per heavy atom. The van der Waals surface area contributed by atoms with Gasteiger partial charge < -0.3 is 5.32 Å². The van der Waals surface area contributed by atoms with Gasteiger partial charge in [-0.3, -0.25) is 14.9 Å². The maximum absolute atomic E-state index is 12.2. The van der Waals surface area contributed by atoms with E-state index >= 15 is 0 Å². The summed E-state index contributed by atoms with van der Waals surface area (Å²) in [6.45, 7) is 3.66. The Kier molecular flexibility index (Phi) is 7.02. The average molecular weight is 403 g/mol. The van der Waals surface area contributed by atoms with Crippen LogP contribution in [0.15, 0.2) is 59.5 Å². The molecule has 1 unspecified atom stereocenters. The number of sulfonamides is 1. The summed E-state index contributed by atoms with van der Waals surface area (Å²) in [6, 6.07) is 11.5. The van der Waals surface area contributed by atoms with Crippen molar-refractivity contribution in [1.82, 2.24) is 4.72 Å². The van der Waals surface area contributed by atoms with Gasteiger partial charge >= 0.3 is 0 Å². The molecule has 1 amide bonds. The van der Waals surface area contributed by atoms with Crippen LogP contribution in [0.25, 0.3) is 6.08 Å². The first kappa shape index (κ1) is 21.3. The Morgan fingerprint density at radius 3 is 2.50 bits per heavy atom. The lowest BCUT2D eigenvalue weighted by Crippen LogP contribution is -2.31. The van der Waals surface area contributed by atoms with E-state index in [2.05, 4.69) is 10.0 Å².